The van der Waals surface area contributed by atoms with Gasteiger partial charge in [-0.3, -0.25) is 0 Å². The standard InChI is InChI=1S/C45H34N2/c1-5-29-16-21-33(22-17-29)46(32-12-8-7-9-13-32)39-26-27-40-42-36(39)25-20-31-28-37-35-14-10-11-15-38(35)45(3,4)43(37)44(41(31)42)47(40)34-23-18-30(6-2)19-24-34/h5-28H,1-2H2,3-4H3. The van der Waals surface area contributed by atoms with Crippen molar-refractivity contribution < 1.29 is 0 Å². The molecule has 7 aromatic carbocycles. The Morgan fingerprint density at radius 1 is 0.617 bits per heavy atom. The van der Waals surface area contributed by atoms with E-state index in [2.05, 4.69) is 170 Å². The van der Waals surface area contributed by atoms with E-state index in [1.165, 1.54) is 54.8 Å². The molecule has 224 valence electrons. The molecule has 1 heterocycles. The van der Waals surface area contributed by atoms with Crippen LogP contribution in [0.1, 0.15) is 36.1 Å². The molecule has 9 rings (SSSR count). The number of para-hydroxylation sites is 1. The van der Waals surface area contributed by atoms with E-state index in [9.17, 15) is 0 Å². The van der Waals surface area contributed by atoms with Gasteiger partial charge in [-0.1, -0.05) is 118 Å². The van der Waals surface area contributed by atoms with Gasteiger partial charge in [-0.2, -0.15) is 0 Å². The molecule has 1 aliphatic rings. The normalized spacial score (nSPS) is 13.2. The summed E-state index contributed by atoms with van der Waals surface area (Å²) >= 11 is 0. The Morgan fingerprint density at radius 2 is 1.28 bits per heavy atom. The summed E-state index contributed by atoms with van der Waals surface area (Å²) in [5, 5.41) is 5.11. The molecule has 0 saturated carbocycles. The smallest absolute Gasteiger partial charge is 0.0594 e. The van der Waals surface area contributed by atoms with E-state index >= 15 is 0 Å². The first kappa shape index (κ1) is 27.5. The van der Waals surface area contributed by atoms with E-state index < -0.39 is 0 Å². The molecule has 0 amide bonds. The Bertz CT molecular complexity index is 2490. The SMILES string of the molecule is C=Cc1ccc(N(c2ccccc2)c2ccc3c4c2ccc2cc5c(c(c24)n3-c2ccc(C=C)cc2)C(C)(C)c2ccccc2-5)cc1. The van der Waals surface area contributed by atoms with Crippen LogP contribution in [0.5, 0.6) is 0 Å². The fourth-order valence-corrected chi connectivity index (χ4v) is 8.04. The molecule has 0 bridgehead atoms. The molecule has 1 aromatic heterocycles. The summed E-state index contributed by atoms with van der Waals surface area (Å²) in [6.07, 6.45) is 3.80. The highest BCUT2D eigenvalue weighted by molar-refractivity contribution is 6.29. The Hall–Kier alpha value is -5.86. The summed E-state index contributed by atoms with van der Waals surface area (Å²) in [5.74, 6) is 0. The van der Waals surface area contributed by atoms with Crippen LogP contribution in [0.3, 0.4) is 0 Å². The quantitative estimate of drug-likeness (QED) is 0.172. The Morgan fingerprint density at radius 3 is 2.00 bits per heavy atom. The van der Waals surface area contributed by atoms with Gasteiger partial charge in [0.15, 0.2) is 0 Å². The van der Waals surface area contributed by atoms with E-state index in [1.807, 2.05) is 12.2 Å². The van der Waals surface area contributed by atoms with Gasteiger partial charge in [-0.15, -0.1) is 0 Å². The number of hydrogen-bond donors (Lipinski definition) is 0. The summed E-state index contributed by atoms with van der Waals surface area (Å²) in [6.45, 7) is 12.8. The number of benzene rings is 7. The lowest BCUT2D eigenvalue weighted by molar-refractivity contribution is 0.664. The molecule has 8 aromatic rings. The van der Waals surface area contributed by atoms with Crippen molar-refractivity contribution in [2.24, 2.45) is 0 Å². The number of anilines is 3. The summed E-state index contributed by atoms with van der Waals surface area (Å²) in [5.41, 5.74) is 14.5. The third kappa shape index (κ3) is 3.85. The molecule has 47 heavy (non-hydrogen) atoms. The number of hydrogen-bond acceptors (Lipinski definition) is 1. The van der Waals surface area contributed by atoms with Crippen molar-refractivity contribution in [2.45, 2.75) is 19.3 Å². The minimum atomic E-state index is -0.162. The lowest BCUT2D eigenvalue weighted by Gasteiger charge is -2.27. The van der Waals surface area contributed by atoms with Crippen molar-refractivity contribution >= 4 is 61.8 Å². The molecule has 0 aliphatic heterocycles. The first-order chi connectivity index (χ1) is 23.0. The molecule has 0 saturated heterocycles. The van der Waals surface area contributed by atoms with Crippen molar-refractivity contribution in [3.63, 3.8) is 0 Å². The van der Waals surface area contributed by atoms with Crippen LogP contribution in [0.4, 0.5) is 17.1 Å². The molecule has 0 atom stereocenters. The van der Waals surface area contributed by atoms with E-state index in [-0.39, 0.29) is 5.41 Å². The number of rotatable bonds is 6. The molecular formula is C45H34N2. The predicted octanol–water partition coefficient (Wildman–Crippen LogP) is 12.4. The monoisotopic (exact) mass is 602 g/mol. The lowest BCUT2D eigenvalue weighted by atomic mass is 9.81. The highest BCUT2D eigenvalue weighted by Gasteiger charge is 2.39. The van der Waals surface area contributed by atoms with Crippen molar-refractivity contribution in [1.29, 1.82) is 0 Å². The first-order valence-electron chi connectivity index (χ1n) is 16.3. The largest absolute Gasteiger partial charge is 0.310 e. The molecule has 0 radical (unpaired) electrons. The zero-order valence-corrected chi connectivity index (χ0v) is 26.7. The van der Waals surface area contributed by atoms with Gasteiger partial charge in [0.1, 0.15) is 0 Å². The van der Waals surface area contributed by atoms with E-state index in [0.717, 1.165) is 33.9 Å². The second kappa shape index (κ2) is 10.1. The zero-order chi connectivity index (χ0) is 31.9. The summed E-state index contributed by atoms with van der Waals surface area (Å²) < 4.78 is 2.51. The molecule has 2 nitrogen and oxygen atoms in total. The third-order valence-corrected chi connectivity index (χ3v) is 10.2. The van der Waals surface area contributed by atoms with Crippen LogP contribution >= 0.6 is 0 Å². The van der Waals surface area contributed by atoms with Crippen LogP contribution < -0.4 is 4.90 Å². The molecule has 0 unspecified atom stereocenters. The van der Waals surface area contributed by atoms with E-state index in [4.69, 9.17) is 0 Å². The maximum absolute atomic E-state index is 4.01. The minimum Gasteiger partial charge on any atom is -0.310 e. The number of fused-ring (bicyclic) bond motifs is 4. The van der Waals surface area contributed by atoms with Crippen molar-refractivity contribution in [3.05, 3.63) is 169 Å². The van der Waals surface area contributed by atoms with Crippen LogP contribution in [-0.4, -0.2) is 4.57 Å². The van der Waals surface area contributed by atoms with Crippen LogP contribution in [0.15, 0.2) is 147 Å². The van der Waals surface area contributed by atoms with Gasteiger partial charge in [0, 0.05) is 38.6 Å². The minimum absolute atomic E-state index is 0.162. The van der Waals surface area contributed by atoms with Gasteiger partial charge >= 0.3 is 0 Å². The maximum atomic E-state index is 4.01. The second-order valence-electron chi connectivity index (χ2n) is 13.1. The fourth-order valence-electron chi connectivity index (χ4n) is 8.04. The van der Waals surface area contributed by atoms with E-state index in [0.29, 0.717) is 0 Å². The first-order valence-corrected chi connectivity index (χ1v) is 16.3. The average molecular weight is 603 g/mol. The van der Waals surface area contributed by atoms with Gasteiger partial charge in [0.25, 0.3) is 0 Å². The molecule has 0 fully saturated rings. The topological polar surface area (TPSA) is 8.17 Å². The van der Waals surface area contributed by atoms with E-state index in [1.54, 1.807) is 0 Å². The Labute approximate surface area is 275 Å². The van der Waals surface area contributed by atoms with Gasteiger partial charge in [-0.25, -0.2) is 0 Å². The van der Waals surface area contributed by atoms with Gasteiger partial charge in [0.2, 0.25) is 0 Å². The summed E-state index contributed by atoms with van der Waals surface area (Å²) in [7, 11) is 0. The Kier molecular flexibility index (Phi) is 5.88. The van der Waals surface area contributed by atoms with Crippen LogP contribution in [0.2, 0.25) is 0 Å². The summed E-state index contributed by atoms with van der Waals surface area (Å²) in [6, 6.07) is 48.8. The Balaban J connectivity index is 1.42. The predicted molar refractivity (Wildman–Crippen MR) is 202 cm³/mol. The lowest BCUT2D eigenvalue weighted by Crippen LogP contribution is -2.16. The average Bonchev–Trinajstić information content (AvgIpc) is 3.58. The van der Waals surface area contributed by atoms with Crippen molar-refractivity contribution in [1.82, 2.24) is 4.57 Å². The molecular weight excluding hydrogens is 569 g/mol. The summed E-state index contributed by atoms with van der Waals surface area (Å²) in [4.78, 5) is 2.38. The van der Waals surface area contributed by atoms with Crippen molar-refractivity contribution in [3.8, 4) is 16.8 Å². The van der Waals surface area contributed by atoms with Crippen molar-refractivity contribution in [2.75, 3.05) is 4.90 Å². The number of nitrogens with zero attached hydrogens (tertiary/aromatic N) is 2. The second-order valence-corrected chi connectivity index (χ2v) is 13.1. The van der Waals surface area contributed by atoms with Crippen LogP contribution in [0.25, 0.3) is 61.5 Å². The maximum Gasteiger partial charge on any atom is 0.0594 e. The zero-order valence-electron chi connectivity index (χ0n) is 26.7. The van der Waals surface area contributed by atoms with Gasteiger partial charge in [-0.05, 0) is 93.4 Å². The van der Waals surface area contributed by atoms with Crippen LogP contribution in [0, 0.1) is 0 Å². The molecule has 2 heteroatoms. The van der Waals surface area contributed by atoms with Crippen LogP contribution in [-0.2, 0) is 5.41 Å². The van der Waals surface area contributed by atoms with Gasteiger partial charge in [0.05, 0.1) is 16.7 Å². The number of aromatic nitrogens is 1. The molecule has 0 spiro atoms. The third-order valence-electron chi connectivity index (χ3n) is 10.2. The highest BCUT2D eigenvalue weighted by Crippen LogP contribution is 2.55. The fraction of sp³-hybridized carbons (Fsp3) is 0.0667. The molecule has 1 aliphatic carbocycles. The molecule has 0 N–H and O–H groups in total. The van der Waals surface area contributed by atoms with Gasteiger partial charge < -0.3 is 9.47 Å². The highest BCUT2D eigenvalue weighted by atomic mass is 15.1.